The zero-order chi connectivity index (χ0) is 37.8. The molecule has 0 spiro atoms. The van der Waals surface area contributed by atoms with Gasteiger partial charge in [-0.3, -0.25) is 14.9 Å². The molecule has 0 amide bonds. The highest BCUT2D eigenvalue weighted by Crippen LogP contribution is 2.32. The number of halogens is 3. The second-order valence-electron chi connectivity index (χ2n) is 14.6. The number of nitrogens with two attached hydrogens (primary N) is 1. The number of allylic oxidation sites excluding steroid dienone is 1. The minimum atomic E-state index is -1.11. The van der Waals surface area contributed by atoms with Gasteiger partial charge in [-0.2, -0.15) is 0 Å². The van der Waals surface area contributed by atoms with Crippen LogP contribution in [0.5, 0.6) is 0 Å². The minimum absolute atomic E-state index is 0.248. The summed E-state index contributed by atoms with van der Waals surface area (Å²) in [7, 11) is 3.71. The van der Waals surface area contributed by atoms with Gasteiger partial charge in [-0.15, -0.1) is 0 Å². The number of rotatable bonds is 6. The summed E-state index contributed by atoms with van der Waals surface area (Å²) >= 11 is 0. The maximum Gasteiger partial charge on any atom is 0.208 e. The van der Waals surface area contributed by atoms with Crippen molar-refractivity contribution in [2.75, 3.05) is 39.0 Å². The Hall–Kier alpha value is -4.90. The maximum atomic E-state index is 15.8. The van der Waals surface area contributed by atoms with Crippen LogP contribution in [0.4, 0.5) is 19.1 Å². The van der Waals surface area contributed by atoms with Crippen molar-refractivity contribution < 1.29 is 13.2 Å². The number of imidazole rings is 1. The van der Waals surface area contributed by atoms with Gasteiger partial charge in [0, 0.05) is 86.5 Å². The van der Waals surface area contributed by atoms with E-state index >= 15 is 4.39 Å². The molecule has 2 aliphatic heterocycles. The van der Waals surface area contributed by atoms with Gasteiger partial charge < -0.3 is 20.5 Å². The highest BCUT2D eigenvalue weighted by atomic mass is 19.1. The smallest absolute Gasteiger partial charge is 0.208 e. The Bertz CT molecular complexity index is 2030. The monoisotopic (exact) mass is 724 g/mol. The standard InChI is InChI=1S/C42H51F3N8/c1-26-9-7-8-10-37(47-5)35(23-46)39-20-32(17-27(2)48-39)28(3)49-42-50-38-12-11-31(21-41(38)53(42)24-26)29(4)51(6)40-14-16-52(25-36(40)45)15-13-30-18-33(43)22-34(44)19-30/h11-12,17-23,26,36,40H,3-4,7-10,13-16,24-25,46H2,1-2,5-6H3,(H,49,50)/t26-,36?,40?/m1/s1. The zero-order valence-corrected chi connectivity index (χ0v) is 31.3. The number of hydrogen-bond donors (Lipinski definition) is 2. The Kier molecular flexibility index (Phi) is 11.7. The predicted octanol–water partition coefficient (Wildman–Crippen LogP) is 8.24. The van der Waals surface area contributed by atoms with E-state index in [2.05, 4.69) is 41.0 Å². The number of pyridine rings is 1. The molecule has 1 fully saturated rings. The summed E-state index contributed by atoms with van der Waals surface area (Å²) in [6, 6.07) is 13.3. The largest absolute Gasteiger partial charge is 0.404 e. The number of aromatic nitrogens is 3. The predicted molar refractivity (Wildman–Crippen MR) is 211 cm³/mol. The molecule has 2 aromatic carbocycles. The number of benzene rings is 2. The molecule has 3 N–H and O–H groups in total. The summed E-state index contributed by atoms with van der Waals surface area (Å²) in [5.74, 6) is -0.140. The lowest BCUT2D eigenvalue weighted by Gasteiger charge is -2.40. The van der Waals surface area contributed by atoms with Crippen LogP contribution in [0.3, 0.4) is 0 Å². The van der Waals surface area contributed by atoms with Crippen molar-refractivity contribution in [2.24, 2.45) is 16.6 Å². The van der Waals surface area contributed by atoms with Crippen molar-refractivity contribution in [1.29, 1.82) is 0 Å². The van der Waals surface area contributed by atoms with Gasteiger partial charge in [0.05, 0.1) is 22.8 Å². The van der Waals surface area contributed by atoms with Crippen molar-refractivity contribution in [3.63, 3.8) is 0 Å². The lowest BCUT2D eigenvalue weighted by Crippen LogP contribution is -2.51. The third-order valence-electron chi connectivity index (χ3n) is 10.7. The second kappa shape index (κ2) is 16.4. The number of hydrogen-bond acceptors (Lipinski definition) is 7. The average Bonchev–Trinajstić information content (AvgIpc) is 3.45. The number of anilines is 1. The first kappa shape index (κ1) is 37.8. The van der Waals surface area contributed by atoms with E-state index in [1.165, 1.54) is 12.1 Å². The molecule has 4 heterocycles. The molecule has 0 saturated carbocycles. The summed E-state index contributed by atoms with van der Waals surface area (Å²) in [6.45, 7) is 15.2. The molecule has 2 unspecified atom stereocenters. The van der Waals surface area contributed by atoms with E-state index in [1.807, 2.05) is 48.0 Å². The number of fused-ring (bicyclic) bond motifs is 5. The van der Waals surface area contributed by atoms with E-state index in [1.54, 1.807) is 13.2 Å². The number of aliphatic imine (C=N–C) groups is 1. The van der Waals surface area contributed by atoms with Gasteiger partial charge >= 0.3 is 0 Å². The third kappa shape index (κ3) is 8.67. The number of piperidine rings is 1. The normalized spacial score (nSPS) is 21.9. The van der Waals surface area contributed by atoms with E-state index < -0.39 is 17.8 Å². The van der Waals surface area contributed by atoms with E-state index in [-0.39, 0.29) is 12.6 Å². The fourth-order valence-corrected chi connectivity index (χ4v) is 7.70. The number of nitrogens with one attached hydrogen (secondary N) is 1. The molecule has 4 aromatic rings. The molecule has 6 rings (SSSR count). The van der Waals surface area contributed by atoms with Crippen molar-refractivity contribution >= 4 is 39.7 Å². The van der Waals surface area contributed by atoms with E-state index in [0.717, 1.165) is 88.8 Å². The summed E-state index contributed by atoms with van der Waals surface area (Å²) in [5.41, 5.74) is 15.1. The molecule has 2 aliphatic rings. The van der Waals surface area contributed by atoms with Crippen LogP contribution in [0.15, 0.2) is 72.9 Å². The number of nitrogens with zero attached hydrogens (tertiary/aromatic N) is 6. The van der Waals surface area contributed by atoms with Gasteiger partial charge in [-0.05, 0) is 92.5 Å². The molecular formula is C42H51F3N8. The first-order valence-electron chi connectivity index (χ1n) is 18.5. The van der Waals surface area contributed by atoms with Crippen LogP contribution in [0.25, 0.3) is 28.0 Å². The average molecular weight is 725 g/mol. The molecular weight excluding hydrogens is 674 g/mol. The molecule has 3 atom stereocenters. The van der Waals surface area contributed by atoms with Crippen molar-refractivity contribution in [3.8, 4) is 0 Å². The first-order valence-corrected chi connectivity index (χ1v) is 18.5. The fraction of sp³-hybridized carbons (Fsp3) is 0.405. The summed E-state index contributed by atoms with van der Waals surface area (Å²) in [5, 5.41) is 3.52. The highest BCUT2D eigenvalue weighted by Gasteiger charge is 2.33. The topological polar surface area (TPSA) is 87.6 Å². The van der Waals surface area contributed by atoms with Crippen LogP contribution >= 0.6 is 0 Å². The molecule has 1 saturated heterocycles. The second-order valence-corrected chi connectivity index (χ2v) is 14.6. The van der Waals surface area contributed by atoms with Crippen molar-refractivity contribution in [1.82, 2.24) is 24.3 Å². The molecule has 53 heavy (non-hydrogen) atoms. The number of likely N-dealkylation sites (tertiary alicyclic amines) is 1. The zero-order valence-electron chi connectivity index (χ0n) is 31.3. The summed E-state index contributed by atoms with van der Waals surface area (Å²) in [6.07, 6.45) is 5.39. The Morgan fingerprint density at radius 2 is 1.85 bits per heavy atom. The van der Waals surface area contributed by atoms with Gasteiger partial charge in [0.25, 0.3) is 0 Å². The van der Waals surface area contributed by atoms with Crippen molar-refractivity contribution in [3.05, 3.63) is 108 Å². The minimum Gasteiger partial charge on any atom is -0.404 e. The van der Waals surface area contributed by atoms with E-state index in [0.29, 0.717) is 49.1 Å². The first-order chi connectivity index (χ1) is 25.4. The Morgan fingerprint density at radius 3 is 2.57 bits per heavy atom. The van der Waals surface area contributed by atoms with E-state index in [9.17, 15) is 8.78 Å². The Morgan fingerprint density at radius 1 is 1.08 bits per heavy atom. The van der Waals surface area contributed by atoms with Gasteiger partial charge in [-0.25, -0.2) is 18.2 Å². The fourth-order valence-electron chi connectivity index (χ4n) is 7.70. The lowest BCUT2D eigenvalue weighted by atomic mass is 9.97. The maximum absolute atomic E-state index is 15.8. The van der Waals surface area contributed by atoms with Crippen LogP contribution in [-0.2, 0) is 13.0 Å². The Balaban J connectivity index is 1.22. The molecule has 2 aromatic heterocycles. The van der Waals surface area contributed by atoms with Gasteiger partial charge in [-0.1, -0.05) is 32.6 Å². The van der Waals surface area contributed by atoms with Crippen LogP contribution < -0.4 is 11.1 Å². The summed E-state index contributed by atoms with van der Waals surface area (Å²) in [4.78, 5) is 18.4. The number of aryl methyl sites for hydroxylation is 1. The molecule has 2 bridgehead atoms. The molecule has 8 nitrogen and oxygen atoms in total. The van der Waals surface area contributed by atoms with Crippen molar-refractivity contribution in [2.45, 2.75) is 71.1 Å². The SMILES string of the molecule is C=C1Nc2nc3ccc(C(=C)N(C)C4CCN(CCc5cc(F)cc(F)c5)CC4F)cc3n2C[C@H](C)CCCCC(=NC)C(=CN)c2cc1cc(C)n2. The van der Waals surface area contributed by atoms with Crippen LogP contribution in [0.1, 0.15) is 67.1 Å². The third-order valence-corrected chi connectivity index (χ3v) is 10.7. The quantitative estimate of drug-likeness (QED) is 0.208. The van der Waals surface area contributed by atoms with E-state index in [4.69, 9.17) is 15.7 Å². The van der Waals surface area contributed by atoms with Crippen LogP contribution in [0.2, 0.25) is 0 Å². The van der Waals surface area contributed by atoms with Crippen LogP contribution in [-0.4, -0.2) is 76.0 Å². The molecule has 11 heteroatoms. The highest BCUT2D eigenvalue weighted by molar-refractivity contribution is 6.23. The van der Waals surface area contributed by atoms with Crippen LogP contribution in [0, 0.1) is 24.5 Å². The Labute approximate surface area is 311 Å². The van der Waals surface area contributed by atoms with Gasteiger partial charge in [0.1, 0.15) is 17.8 Å². The molecule has 0 radical (unpaired) electrons. The molecule has 280 valence electrons. The van der Waals surface area contributed by atoms with Gasteiger partial charge in [0.2, 0.25) is 5.95 Å². The molecule has 0 aliphatic carbocycles. The van der Waals surface area contributed by atoms with Gasteiger partial charge in [0.15, 0.2) is 0 Å². The lowest BCUT2D eigenvalue weighted by molar-refractivity contribution is 0.0710. The number of alkyl halides is 1. The summed E-state index contributed by atoms with van der Waals surface area (Å²) < 4.78 is 45.3.